The van der Waals surface area contributed by atoms with Crippen LogP contribution in [-0.4, -0.2) is 42.1 Å². The molecular formula is C29H50N2O4. The number of carbonyl (C=O) groups excluding carboxylic acids is 1. The zero-order valence-electron chi connectivity index (χ0n) is 23.1. The van der Waals surface area contributed by atoms with Gasteiger partial charge in [-0.05, 0) is 100 Å². The molecule has 2 N–H and O–H groups in total. The number of carboxylic acid groups (broad SMARTS) is 1. The van der Waals surface area contributed by atoms with Crippen molar-refractivity contribution in [2.24, 2.45) is 40.4 Å². The van der Waals surface area contributed by atoms with Crippen molar-refractivity contribution in [3.05, 3.63) is 11.8 Å². The molecule has 0 radical (unpaired) electrons. The van der Waals surface area contributed by atoms with Crippen molar-refractivity contribution < 1.29 is 19.5 Å². The molecule has 2 fully saturated rings. The fourth-order valence-corrected chi connectivity index (χ4v) is 8.54. The van der Waals surface area contributed by atoms with E-state index >= 15 is 0 Å². The topological polar surface area (TPSA) is 78.9 Å². The smallest absolute Gasteiger partial charge is 0.303 e. The number of nitrogens with zero attached hydrogens (tertiary/aromatic N) is 1. The molecule has 3 aliphatic rings. The van der Waals surface area contributed by atoms with Gasteiger partial charge in [0.15, 0.2) is 0 Å². The Morgan fingerprint density at radius 2 is 1.89 bits per heavy atom. The van der Waals surface area contributed by atoms with Crippen LogP contribution in [0.15, 0.2) is 11.8 Å². The number of hydroxylamine groups is 1. The summed E-state index contributed by atoms with van der Waals surface area (Å²) in [7, 11) is 1.64. The first-order valence-electron chi connectivity index (χ1n) is 14.1. The van der Waals surface area contributed by atoms with Crippen LogP contribution in [0.4, 0.5) is 0 Å². The Balaban J connectivity index is 1.70. The fraction of sp³-hybridized carbons (Fsp3) is 0.862. The molecule has 0 bridgehead atoms. The van der Waals surface area contributed by atoms with Gasteiger partial charge in [-0.1, -0.05) is 26.8 Å². The third kappa shape index (κ3) is 5.57. The van der Waals surface area contributed by atoms with Crippen molar-refractivity contribution >= 4 is 11.9 Å². The van der Waals surface area contributed by atoms with Crippen LogP contribution in [0.2, 0.25) is 0 Å². The van der Waals surface area contributed by atoms with Gasteiger partial charge < -0.3 is 10.0 Å². The molecule has 0 aliphatic heterocycles. The van der Waals surface area contributed by atoms with E-state index in [0.29, 0.717) is 53.8 Å². The number of aliphatic carboxylic acids is 1. The number of carboxylic acids is 1. The number of hydrogen-bond donors (Lipinski definition) is 2. The Morgan fingerprint density at radius 3 is 2.51 bits per heavy atom. The van der Waals surface area contributed by atoms with Crippen LogP contribution < -0.4 is 5.48 Å². The Hall–Kier alpha value is -1.56. The fourth-order valence-electron chi connectivity index (χ4n) is 8.54. The van der Waals surface area contributed by atoms with E-state index < -0.39 is 5.97 Å². The molecule has 1 amide bonds. The molecule has 0 unspecified atom stereocenters. The predicted molar refractivity (Wildman–Crippen MR) is 139 cm³/mol. The second-order valence-electron chi connectivity index (χ2n) is 12.0. The number of amides is 1. The maximum Gasteiger partial charge on any atom is 0.303 e. The van der Waals surface area contributed by atoms with Crippen LogP contribution in [0, 0.1) is 40.4 Å². The van der Waals surface area contributed by atoms with Gasteiger partial charge in [-0.3, -0.25) is 19.9 Å². The average Bonchev–Trinajstić information content (AvgIpc) is 3.18. The first-order chi connectivity index (χ1) is 16.6. The van der Waals surface area contributed by atoms with Crippen LogP contribution >= 0.6 is 0 Å². The summed E-state index contributed by atoms with van der Waals surface area (Å²) in [4.78, 5) is 31.2. The lowest BCUT2D eigenvalue weighted by Crippen LogP contribution is -2.51. The van der Waals surface area contributed by atoms with E-state index in [1.807, 2.05) is 4.90 Å². The van der Waals surface area contributed by atoms with Crippen molar-refractivity contribution in [1.82, 2.24) is 10.4 Å². The summed E-state index contributed by atoms with van der Waals surface area (Å²) in [5.41, 5.74) is 4.35. The van der Waals surface area contributed by atoms with E-state index in [-0.39, 0.29) is 11.8 Å². The Morgan fingerprint density at radius 1 is 1.17 bits per heavy atom. The number of allylic oxidation sites excluding steroid dienone is 2. The average molecular weight is 491 g/mol. The highest BCUT2D eigenvalue weighted by Gasteiger charge is 2.58. The summed E-state index contributed by atoms with van der Waals surface area (Å²) in [6.07, 6.45) is 11.9. The van der Waals surface area contributed by atoms with Crippen molar-refractivity contribution in [1.29, 1.82) is 0 Å². The van der Waals surface area contributed by atoms with Gasteiger partial charge in [0.1, 0.15) is 0 Å². The zero-order valence-corrected chi connectivity index (χ0v) is 23.1. The summed E-state index contributed by atoms with van der Waals surface area (Å²) in [5, 5.41) is 9.43. The highest BCUT2D eigenvalue weighted by atomic mass is 16.6. The van der Waals surface area contributed by atoms with Gasteiger partial charge >= 0.3 is 5.97 Å². The standard InChI is InChI=1S/C29H50N2O4/c1-7-31(8-2)26(32)11-9-10-20(3)22-13-14-23-21-12-15-25(30-35-6)29(5,19-17-27(33)34)24(21)16-18-28(22,23)4/h15,20-24,30H,7-14,16-19H2,1-6H3,(H,33,34)/t20-,21+,22-,23+,24+,28-,29-/m1/s1. The second kappa shape index (κ2) is 11.7. The molecule has 6 heteroatoms. The third-order valence-electron chi connectivity index (χ3n) is 10.5. The van der Waals surface area contributed by atoms with Crippen LogP contribution in [0.1, 0.15) is 98.8 Å². The molecule has 3 rings (SSSR count). The van der Waals surface area contributed by atoms with Gasteiger partial charge in [-0.2, -0.15) is 0 Å². The van der Waals surface area contributed by atoms with Gasteiger partial charge in [-0.15, -0.1) is 0 Å². The quantitative estimate of drug-likeness (QED) is 0.327. The minimum Gasteiger partial charge on any atom is -0.481 e. The van der Waals surface area contributed by atoms with Gasteiger partial charge in [-0.25, -0.2) is 0 Å². The molecule has 0 spiro atoms. The molecule has 0 aromatic rings. The molecule has 7 atom stereocenters. The monoisotopic (exact) mass is 490 g/mol. The Labute approximate surface area is 213 Å². The molecule has 3 aliphatic carbocycles. The maximum absolute atomic E-state index is 12.5. The van der Waals surface area contributed by atoms with Crippen LogP contribution in [0.5, 0.6) is 0 Å². The minimum absolute atomic E-state index is 0.187. The lowest BCUT2D eigenvalue weighted by molar-refractivity contribution is -0.138. The number of rotatable bonds is 12. The van der Waals surface area contributed by atoms with E-state index in [1.165, 1.54) is 19.3 Å². The second-order valence-corrected chi connectivity index (χ2v) is 12.0. The van der Waals surface area contributed by atoms with Gasteiger partial charge in [0.05, 0.1) is 7.11 Å². The van der Waals surface area contributed by atoms with Gasteiger partial charge in [0, 0.05) is 37.0 Å². The molecule has 6 nitrogen and oxygen atoms in total. The van der Waals surface area contributed by atoms with Crippen molar-refractivity contribution in [3.8, 4) is 0 Å². The van der Waals surface area contributed by atoms with E-state index in [4.69, 9.17) is 4.84 Å². The van der Waals surface area contributed by atoms with Crippen LogP contribution in [0.3, 0.4) is 0 Å². The Bertz CT molecular complexity index is 779. The zero-order chi connectivity index (χ0) is 25.8. The number of fused-ring (bicyclic) bond motifs is 3. The lowest BCUT2D eigenvalue weighted by Gasteiger charge is -2.56. The predicted octanol–water partition coefficient (Wildman–Crippen LogP) is 6.03. The number of nitrogens with one attached hydrogen (secondary N) is 1. The molecule has 0 aromatic heterocycles. The van der Waals surface area contributed by atoms with Crippen molar-refractivity contribution in [3.63, 3.8) is 0 Å². The molecular weight excluding hydrogens is 440 g/mol. The summed E-state index contributed by atoms with van der Waals surface area (Å²) >= 11 is 0. The Kier molecular flexibility index (Phi) is 9.33. The first kappa shape index (κ1) is 28.0. The highest BCUT2D eigenvalue weighted by Crippen LogP contribution is 2.66. The molecule has 2 saturated carbocycles. The van der Waals surface area contributed by atoms with E-state index in [0.717, 1.165) is 44.5 Å². The van der Waals surface area contributed by atoms with Crippen LogP contribution in [-0.2, 0) is 14.4 Å². The van der Waals surface area contributed by atoms with Crippen molar-refractivity contribution in [2.45, 2.75) is 98.8 Å². The SMILES string of the molecule is CCN(CC)C(=O)CCC[C@@H](C)[C@H]1CC[C@H]2[C@@H]3CC=C(NOC)[C@](C)(CCC(=O)O)[C@H]3CC[C@]12C. The summed E-state index contributed by atoms with van der Waals surface area (Å²) < 4.78 is 0. The highest BCUT2D eigenvalue weighted by molar-refractivity contribution is 5.76. The van der Waals surface area contributed by atoms with Crippen LogP contribution in [0.25, 0.3) is 0 Å². The third-order valence-corrected chi connectivity index (χ3v) is 10.5. The first-order valence-corrected chi connectivity index (χ1v) is 14.1. The molecule has 200 valence electrons. The van der Waals surface area contributed by atoms with Gasteiger partial charge in [0.2, 0.25) is 5.91 Å². The summed E-state index contributed by atoms with van der Waals surface area (Å²) in [5.74, 6) is 2.71. The largest absolute Gasteiger partial charge is 0.481 e. The molecule has 0 aromatic carbocycles. The molecule has 35 heavy (non-hydrogen) atoms. The number of carbonyl (C=O) groups is 2. The lowest BCUT2D eigenvalue weighted by atomic mass is 9.49. The number of hydrogen-bond acceptors (Lipinski definition) is 4. The van der Waals surface area contributed by atoms with E-state index in [9.17, 15) is 14.7 Å². The summed E-state index contributed by atoms with van der Waals surface area (Å²) in [6.45, 7) is 12.9. The van der Waals surface area contributed by atoms with E-state index in [2.05, 4.69) is 46.2 Å². The summed E-state index contributed by atoms with van der Waals surface area (Å²) in [6, 6.07) is 0. The van der Waals surface area contributed by atoms with E-state index in [1.54, 1.807) is 7.11 Å². The van der Waals surface area contributed by atoms with Crippen molar-refractivity contribution in [2.75, 3.05) is 20.2 Å². The maximum atomic E-state index is 12.5. The molecule has 0 saturated heterocycles. The minimum atomic E-state index is -0.722. The molecule has 0 heterocycles. The van der Waals surface area contributed by atoms with Gasteiger partial charge in [0.25, 0.3) is 0 Å². The normalized spacial score (nSPS) is 35.0.